The molecule has 3 aromatic rings. The van der Waals surface area contributed by atoms with E-state index in [1.54, 1.807) is 0 Å². The largest absolute Gasteiger partial charge is 0.459 e. The van der Waals surface area contributed by atoms with Gasteiger partial charge in [-0.1, -0.05) is 32.9 Å². The van der Waals surface area contributed by atoms with E-state index in [1.165, 1.54) is 16.9 Å². The van der Waals surface area contributed by atoms with Gasteiger partial charge in [0.1, 0.15) is 5.76 Å². The fourth-order valence-corrected chi connectivity index (χ4v) is 3.25. The molecule has 0 radical (unpaired) electrons. The zero-order valence-corrected chi connectivity index (χ0v) is 15.7. The van der Waals surface area contributed by atoms with Crippen molar-refractivity contribution >= 4 is 22.9 Å². The second-order valence-corrected chi connectivity index (χ2v) is 7.96. The van der Waals surface area contributed by atoms with Crippen molar-refractivity contribution in [1.82, 2.24) is 4.98 Å². The van der Waals surface area contributed by atoms with Crippen LogP contribution in [0.2, 0.25) is 0 Å². The van der Waals surface area contributed by atoms with Crippen molar-refractivity contribution in [1.29, 1.82) is 0 Å². The Morgan fingerprint density at radius 3 is 2.48 bits per heavy atom. The number of anilines is 1. The van der Waals surface area contributed by atoms with Crippen molar-refractivity contribution in [2.45, 2.75) is 39.5 Å². The second-order valence-electron chi connectivity index (χ2n) is 7.11. The predicted molar refractivity (Wildman–Crippen MR) is 102 cm³/mol. The molecule has 0 aliphatic rings. The van der Waals surface area contributed by atoms with Gasteiger partial charge in [-0.2, -0.15) is 0 Å². The number of carbonyl (C=O) groups excluding carboxylic acids is 1. The molecule has 0 saturated heterocycles. The Hall–Kier alpha value is -2.40. The lowest BCUT2D eigenvalue weighted by molar-refractivity contribution is -0.115. The van der Waals surface area contributed by atoms with Crippen molar-refractivity contribution in [3.8, 4) is 10.8 Å². The molecule has 3 rings (SSSR count). The summed E-state index contributed by atoms with van der Waals surface area (Å²) in [6, 6.07) is 11.8. The second kappa shape index (κ2) is 6.84. The number of nitrogens with one attached hydrogen (secondary N) is 1. The standard InChI is InChI=1S/C20H22N2O2S/c1-13-5-10-17(24-13)19-22-16(12-25-19)11-18(23)21-15-8-6-14(7-9-15)20(2,3)4/h5-10,12H,11H2,1-4H3,(H,21,23). The third-order valence-electron chi connectivity index (χ3n) is 3.88. The topological polar surface area (TPSA) is 55.1 Å². The van der Waals surface area contributed by atoms with E-state index in [0.717, 1.165) is 27.9 Å². The minimum Gasteiger partial charge on any atom is -0.459 e. The van der Waals surface area contributed by atoms with Crippen LogP contribution in [0.3, 0.4) is 0 Å². The highest BCUT2D eigenvalue weighted by Gasteiger charge is 2.14. The van der Waals surface area contributed by atoms with Gasteiger partial charge in [0.05, 0.1) is 12.1 Å². The first-order valence-electron chi connectivity index (χ1n) is 8.23. The van der Waals surface area contributed by atoms with Crippen LogP contribution in [0.4, 0.5) is 5.69 Å². The number of benzene rings is 1. The zero-order chi connectivity index (χ0) is 18.0. The molecule has 2 aromatic heterocycles. The SMILES string of the molecule is Cc1ccc(-c2nc(CC(=O)Nc3ccc(C(C)(C)C)cc3)cs2)o1. The molecule has 0 spiro atoms. The summed E-state index contributed by atoms with van der Waals surface area (Å²) < 4.78 is 5.57. The summed E-state index contributed by atoms with van der Waals surface area (Å²) in [6.07, 6.45) is 0.247. The summed E-state index contributed by atoms with van der Waals surface area (Å²) >= 11 is 1.48. The Labute approximate surface area is 151 Å². The van der Waals surface area contributed by atoms with Gasteiger partial charge in [0.15, 0.2) is 10.8 Å². The maximum atomic E-state index is 12.2. The van der Waals surface area contributed by atoms with Gasteiger partial charge in [-0.3, -0.25) is 4.79 Å². The third-order valence-corrected chi connectivity index (χ3v) is 4.78. The molecular formula is C20H22N2O2S. The van der Waals surface area contributed by atoms with Crippen LogP contribution >= 0.6 is 11.3 Å². The number of aromatic nitrogens is 1. The smallest absolute Gasteiger partial charge is 0.230 e. The summed E-state index contributed by atoms with van der Waals surface area (Å²) in [7, 11) is 0. The van der Waals surface area contributed by atoms with Crippen molar-refractivity contribution in [2.75, 3.05) is 5.32 Å². The number of aryl methyl sites for hydroxylation is 1. The molecule has 1 N–H and O–H groups in total. The summed E-state index contributed by atoms with van der Waals surface area (Å²) in [6.45, 7) is 8.40. The Bertz CT molecular complexity index is 870. The Morgan fingerprint density at radius 1 is 1.16 bits per heavy atom. The number of hydrogen-bond acceptors (Lipinski definition) is 4. The van der Waals surface area contributed by atoms with Crippen molar-refractivity contribution in [2.24, 2.45) is 0 Å². The van der Waals surface area contributed by atoms with E-state index in [9.17, 15) is 4.79 Å². The van der Waals surface area contributed by atoms with Crippen molar-refractivity contribution < 1.29 is 9.21 Å². The fraction of sp³-hybridized carbons (Fsp3) is 0.300. The van der Waals surface area contributed by atoms with Gasteiger partial charge in [0, 0.05) is 11.1 Å². The van der Waals surface area contributed by atoms with Gasteiger partial charge in [-0.25, -0.2) is 4.98 Å². The van der Waals surface area contributed by atoms with E-state index < -0.39 is 0 Å². The number of hydrogen-bond donors (Lipinski definition) is 1. The molecule has 4 nitrogen and oxygen atoms in total. The van der Waals surface area contributed by atoms with Gasteiger partial charge < -0.3 is 9.73 Å². The highest BCUT2D eigenvalue weighted by Crippen LogP contribution is 2.26. The number of furan rings is 1. The summed E-state index contributed by atoms with van der Waals surface area (Å²) in [5.41, 5.74) is 2.89. The summed E-state index contributed by atoms with van der Waals surface area (Å²) in [5.74, 6) is 1.52. The van der Waals surface area contributed by atoms with Gasteiger partial charge in [-0.15, -0.1) is 11.3 Å². The molecule has 1 amide bonds. The predicted octanol–water partition coefficient (Wildman–Crippen LogP) is 5.19. The molecule has 0 saturated carbocycles. The third kappa shape index (κ3) is 4.37. The maximum absolute atomic E-state index is 12.2. The van der Waals surface area contributed by atoms with Crippen LogP contribution in [-0.2, 0) is 16.6 Å². The minimum atomic E-state index is -0.0732. The van der Waals surface area contributed by atoms with Crippen LogP contribution in [0.5, 0.6) is 0 Å². The number of carbonyl (C=O) groups is 1. The molecule has 0 aliphatic heterocycles. The molecule has 2 heterocycles. The molecule has 0 aliphatic carbocycles. The molecule has 0 atom stereocenters. The maximum Gasteiger partial charge on any atom is 0.230 e. The van der Waals surface area contributed by atoms with Crippen LogP contribution in [-0.4, -0.2) is 10.9 Å². The number of amides is 1. The molecule has 130 valence electrons. The van der Waals surface area contributed by atoms with E-state index in [1.807, 2.05) is 36.6 Å². The Balaban J connectivity index is 1.62. The lowest BCUT2D eigenvalue weighted by atomic mass is 9.87. The van der Waals surface area contributed by atoms with E-state index in [4.69, 9.17) is 4.42 Å². The molecular weight excluding hydrogens is 332 g/mol. The first kappa shape index (κ1) is 17.4. The summed E-state index contributed by atoms with van der Waals surface area (Å²) in [5, 5.41) is 5.62. The Kier molecular flexibility index (Phi) is 4.77. The van der Waals surface area contributed by atoms with Crippen LogP contribution in [0.15, 0.2) is 46.2 Å². The number of rotatable bonds is 4. The highest BCUT2D eigenvalue weighted by molar-refractivity contribution is 7.13. The quantitative estimate of drug-likeness (QED) is 0.701. The van der Waals surface area contributed by atoms with E-state index in [-0.39, 0.29) is 17.7 Å². The van der Waals surface area contributed by atoms with Gasteiger partial charge >= 0.3 is 0 Å². The zero-order valence-electron chi connectivity index (χ0n) is 14.9. The monoisotopic (exact) mass is 354 g/mol. The van der Waals surface area contributed by atoms with E-state index in [0.29, 0.717) is 0 Å². The van der Waals surface area contributed by atoms with Crippen LogP contribution in [0, 0.1) is 6.92 Å². The first-order valence-corrected chi connectivity index (χ1v) is 9.11. The first-order chi connectivity index (χ1) is 11.8. The molecule has 25 heavy (non-hydrogen) atoms. The van der Waals surface area contributed by atoms with Crippen molar-refractivity contribution in [3.05, 3.63) is 58.8 Å². The normalized spacial score (nSPS) is 11.5. The van der Waals surface area contributed by atoms with Crippen LogP contribution in [0.25, 0.3) is 10.8 Å². The van der Waals surface area contributed by atoms with Crippen molar-refractivity contribution in [3.63, 3.8) is 0 Å². The average Bonchev–Trinajstić information content (AvgIpc) is 3.15. The summed E-state index contributed by atoms with van der Waals surface area (Å²) in [4.78, 5) is 16.7. The highest BCUT2D eigenvalue weighted by atomic mass is 32.1. The average molecular weight is 354 g/mol. The van der Waals surface area contributed by atoms with E-state index in [2.05, 4.69) is 43.2 Å². The van der Waals surface area contributed by atoms with Gasteiger partial charge in [0.2, 0.25) is 5.91 Å². The lowest BCUT2D eigenvalue weighted by Crippen LogP contribution is -2.15. The molecule has 0 unspecified atom stereocenters. The molecule has 1 aromatic carbocycles. The molecule has 0 fully saturated rings. The number of nitrogens with zero attached hydrogens (tertiary/aromatic N) is 1. The minimum absolute atomic E-state index is 0.0732. The van der Waals surface area contributed by atoms with Gasteiger partial charge in [0.25, 0.3) is 0 Å². The fourth-order valence-electron chi connectivity index (χ4n) is 2.47. The Morgan fingerprint density at radius 2 is 1.88 bits per heavy atom. The molecule has 0 bridgehead atoms. The number of thiazole rings is 1. The van der Waals surface area contributed by atoms with Crippen LogP contribution < -0.4 is 5.32 Å². The van der Waals surface area contributed by atoms with Gasteiger partial charge in [-0.05, 0) is 42.2 Å². The van der Waals surface area contributed by atoms with Crippen LogP contribution in [0.1, 0.15) is 37.8 Å². The lowest BCUT2D eigenvalue weighted by Gasteiger charge is -2.19. The van der Waals surface area contributed by atoms with E-state index >= 15 is 0 Å². The molecule has 5 heteroatoms.